The smallest absolute Gasteiger partial charge is 0.0540 e. The molecule has 0 aromatic carbocycles. The Morgan fingerprint density at radius 1 is 0.500 bits per heavy atom. The monoisotopic (exact) mass is 286 g/mol. The van der Waals surface area contributed by atoms with Crippen molar-refractivity contribution < 1.29 is 10.2 Å². The third-order valence-corrected chi connectivity index (χ3v) is 4.11. The van der Waals surface area contributed by atoms with Crippen molar-refractivity contribution in [2.75, 3.05) is 0 Å². The molecule has 0 amide bonds. The van der Waals surface area contributed by atoms with Gasteiger partial charge in [-0.25, -0.2) is 0 Å². The Balaban J connectivity index is 3.27. The van der Waals surface area contributed by atoms with Gasteiger partial charge in [0.05, 0.1) is 12.2 Å². The van der Waals surface area contributed by atoms with Gasteiger partial charge in [-0.15, -0.1) is 0 Å². The molecule has 0 aromatic heterocycles. The Morgan fingerprint density at radius 2 is 0.800 bits per heavy atom. The van der Waals surface area contributed by atoms with Crippen molar-refractivity contribution in [1.82, 2.24) is 0 Å². The lowest BCUT2D eigenvalue weighted by atomic mass is 10.0. The molecule has 0 radical (unpaired) electrons. The number of aliphatic hydroxyl groups is 2. The van der Waals surface area contributed by atoms with Crippen LogP contribution in [0.5, 0.6) is 0 Å². The number of hydrogen-bond donors (Lipinski definition) is 2. The van der Waals surface area contributed by atoms with E-state index in [0.717, 1.165) is 44.9 Å². The molecule has 0 spiro atoms. The van der Waals surface area contributed by atoms with Crippen LogP contribution in [-0.4, -0.2) is 22.4 Å². The second-order valence-corrected chi connectivity index (χ2v) is 6.29. The van der Waals surface area contributed by atoms with Crippen LogP contribution in [0.4, 0.5) is 0 Å². The molecule has 0 aliphatic rings. The molecule has 2 unspecified atom stereocenters. The van der Waals surface area contributed by atoms with Crippen molar-refractivity contribution in [2.45, 2.75) is 116 Å². The van der Waals surface area contributed by atoms with Gasteiger partial charge in [-0.2, -0.15) is 0 Å². The van der Waals surface area contributed by atoms with Gasteiger partial charge in [0.2, 0.25) is 0 Å². The fourth-order valence-electron chi connectivity index (χ4n) is 2.66. The molecule has 0 fully saturated rings. The minimum absolute atomic E-state index is 0.117. The fourth-order valence-corrected chi connectivity index (χ4v) is 2.66. The SMILES string of the molecule is CCCCCCCC(O)CCCCC(O)CCCCC. The summed E-state index contributed by atoms with van der Waals surface area (Å²) in [6, 6.07) is 0. The van der Waals surface area contributed by atoms with Gasteiger partial charge in [0.1, 0.15) is 0 Å². The average molecular weight is 286 g/mol. The normalized spacial score (nSPS) is 14.4. The summed E-state index contributed by atoms with van der Waals surface area (Å²) in [6.45, 7) is 4.42. The lowest BCUT2D eigenvalue weighted by Crippen LogP contribution is -2.09. The van der Waals surface area contributed by atoms with Crippen molar-refractivity contribution in [3.05, 3.63) is 0 Å². The Bertz CT molecular complexity index is 182. The molecule has 0 bridgehead atoms. The van der Waals surface area contributed by atoms with Crippen LogP contribution in [0.3, 0.4) is 0 Å². The summed E-state index contributed by atoms with van der Waals surface area (Å²) in [6.07, 6.45) is 15.6. The Kier molecular flexibility index (Phi) is 15.3. The Morgan fingerprint density at radius 3 is 1.25 bits per heavy atom. The van der Waals surface area contributed by atoms with Crippen LogP contribution in [0.15, 0.2) is 0 Å². The topological polar surface area (TPSA) is 40.5 Å². The zero-order valence-electron chi connectivity index (χ0n) is 13.9. The number of rotatable bonds is 15. The first-order chi connectivity index (χ1) is 9.70. The quantitative estimate of drug-likeness (QED) is 0.406. The summed E-state index contributed by atoms with van der Waals surface area (Å²) in [7, 11) is 0. The number of hydrogen-bond acceptors (Lipinski definition) is 2. The molecular formula is C18H38O2. The van der Waals surface area contributed by atoms with Crippen LogP contribution in [0.1, 0.15) is 104 Å². The predicted molar refractivity (Wildman–Crippen MR) is 88.0 cm³/mol. The lowest BCUT2D eigenvalue weighted by Gasteiger charge is -2.12. The van der Waals surface area contributed by atoms with E-state index in [-0.39, 0.29) is 12.2 Å². The second-order valence-electron chi connectivity index (χ2n) is 6.29. The third kappa shape index (κ3) is 14.3. The first-order valence-corrected chi connectivity index (χ1v) is 9.06. The van der Waals surface area contributed by atoms with Crippen molar-refractivity contribution in [3.63, 3.8) is 0 Å². The molecule has 0 aliphatic carbocycles. The van der Waals surface area contributed by atoms with E-state index in [1.807, 2.05) is 0 Å². The van der Waals surface area contributed by atoms with Gasteiger partial charge in [-0.1, -0.05) is 78.1 Å². The summed E-state index contributed by atoms with van der Waals surface area (Å²) >= 11 is 0. The molecular weight excluding hydrogens is 248 g/mol. The van der Waals surface area contributed by atoms with E-state index in [1.54, 1.807) is 0 Å². The van der Waals surface area contributed by atoms with Crippen molar-refractivity contribution in [2.24, 2.45) is 0 Å². The van der Waals surface area contributed by atoms with E-state index in [9.17, 15) is 10.2 Å². The maximum Gasteiger partial charge on any atom is 0.0540 e. The highest BCUT2D eigenvalue weighted by Crippen LogP contribution is 2.14. The van der Waals surface area contributed by atoms with Crippen molar-refractivity contribution >= 4 is 0 Å². The minimum atomic E-state index is -0.118. The number of aliphatic hydroxyl groups excluding tert-OH is 2. The Labute approximate surface area is 127 Å². The summed E-state index contributed by atoms with van der Waals surface area (Å²) < 4.78 is 0. The highest BCUT2D eigenvalue weighted by molar-refractivity contribution is 4.60. The second kappa shape index (κ2) is 15.3. The van der Waals surface area contributed by atoms with Crippen LogP contribution < -0.4 is 0 Å². The van der Waals surface area contributed by atoms with Crippen LogP contribution >= 0.6 is 0 Å². The van der Waals surface area contributed by atoms with Crippen LogP contribution in [0.2, 0.25) is 0 Å². The molecule has 2 atom stereocenters. The predicted octanol–water partition coefficient (Wildman–Crippen LogP) is 5.21. The first kappa shape index (κ1) is 19.9. The number of unbranched alkanes of at least 4 members (excludes halogenated alkanes) is 7. The van der Waals surface area contributed by atoms with Crippen LogP contribution in [-0.2, 0) is 0 Å². The highest BCUT2D eigenvalue weighted by Gasteiger charge is 2.06. The van der Waals surface area contributed by atoms with Crippen molar-refractivity contribution in [1.29, 1.82) is 0 Å². The molecule has 122 valence electrons. The standard InChI is InChI=1S/C18H38O2/c1-3-5-7-8-10-14-18(20)16-12-11-15-17(19)13-9-6-4-2/h17-20H,3-16H2,1-2H3. The highest BCUT2D eigenvalue weighted by atomic mass is 16.3. The molecule has 0 heterocycles. The maximum absolute atomic E-state index is 9.88. The van der Waals surface area contributed by atoms with Crippen molar-refractivity contribution in [3.8, 4) is 0 Å². The zero-order valence-corrected chi connectivity index (χ0v) is 13.9. The van der Waals surface area contributed by atoms with Crippen LogP contribution in [0, 0.1) is 0 Å². The van der Waals surface area contributed by atoms with Gasteiger partial charge in [0, 0.05) is 0 Å². The van der Waals surface area contributed by atoms with Gasteiger partial charge >= 0.3 is 0 Å². The third-order valence-electron chi connectivity index (χ3n) is 4.11. The maximum atomic E-state index is 9.88. The summed E-state index contributed by atoms with van der Waals surface area (Å²) in [5.41, 5.74) is 0. The largest absolute Gasteiger partial charge is 0.393 e. The van der Waals surface area contributed by atoms with Gasteiger partial charge in [0.15, 0.2) is 0 Å². The molecule has 20 heavy (non-hydrogen) atoms. The first-order valence-electron chi connectivity index (χ1n) is 9.06. The average Bonchev–Trinajstić information content (AvgIpc) is 2.44. The van der Waals surface area contributed by atoms with Gasteiger partial charge < -0.3 is 10.2 Å². The molecule has 0 rings (SSSR count). The summed E-state index contributed by atoms with van der Waals surface area (Å²) in [4.78, 5) is 0. The summed E-state index contributed by atoms with van der Waals surface area (Å²) in [5.74, 6) is 0. The van der Waals surface area contributed by atoms with E-state index in [4.69, 9.17) is 0 Å². The fraction of sp³-hybridized carbons (Fsp3) is 1.00. The molecule has 0 aromatic rings. The Hall–Kier alpha value is -0.0800. The van der Waals surface area contributed by atoms with E-state index in [1.165, 1.54) is 44.9 Å². The van der Waals surface area contributed by atoms with Crippen LogP contribution in [0.25, 0.3) is 0 Å². The van der Waals surface area contributed by atoms with Gasteiger partial charge in [0.25, 0.3) is 0 Å². The van der Waals surface area contributed by atoms with Gasteiger partial charge in [-0.05, 0) is 25.7 Å². The molecule has 0 aliphatic heterocycles. The lowest BCUT2D eigenvalue weighted by molar-refractivity contribution is 0.132. The van der Waals surface area contributed by atoms with E-state index in [0.29, 0.717) is 0 Å². The molecule has 0 saturated carbocycles. The van der Waals surface area contributed by atoms with Gasteiger partial charge in [-0.3, -0.25) is 0 Å². The zero-order chi connectivity index (χ0) is 15.1. The van der Waals surface area contributed by atoms with E-state index >= 15 is 0 Å². The molecule has 2 heteroatoms. The molecule has 0 saturated heterocycles. The minimum Gasteiger partial charge on any atom is -0.393 e. The van der Waals surface area contributed by atoms with E-state index in [2.05, 4.69) is 13.8 Å². The van der Waals surface area contributed by atoms with E-state index < -0.39 is 0 Å². The summed E-state index contributed by atoms with van der Waals surface area (Å²) in [5, 5.41) is 19.7. The molecule has 2 nitrogen and oxygen atoms in total. The molecule has 2 N–H and O–H groups in total.